The van der Waals surface area contributed by atoms with Crippen LogP contribution in [0.1, 0.15) is 29.9 Å². The number of hydrogen-bond donors (Lipinski definition) is 1. The monoisotopic (exact) mass is 493 g/mol. The number of ether oxygens (including phenoxy) is 3. The molecular formula is C25H23F4NO5. The van der Waals surface area contributed by atoms with Gasteiger partial charge in [-0.05, 0) is 60.4 Å². The third-order valence-corrected chi connectivity index (χ3v) is 6.48. The lowest BCUT2D eigenvalue weighted by molar-refractivity contribution is -0.167. The Morgan fingerprint density at radius 1 is 1.11 bits per heavy atom. The molecular weight excluding hydrogens is 470 g/mol. The molecule has 186 valence electrons. The number of alkyl halides is 3. The lowest BCUT2D eigenvalue weighted by atomic mass is 9.79. The Morgan fingerprint density at radius 3 is 2.46 bits per heavy atom. The van der Waals surface area contributed by atoms with Crippen LogP contribution >= 0.6 is 0 Å². The van der Waals surface area contributed by atoms with Gasteiger partial charge in [0.15, 0.2) is 0 Å². The van der Waals surface area contributed by atoms with E-state index in [1.165, 1.54) is 44.6 Å². The minimum absolute atomic E-state index is 0.0566. The number of carbonyl (C=O) groups excluding carboxylic acids is 2. The van der Waals surface area contributed by atoms with Gasteiger partial charge < -0.3 is 19.5 Å². The molecule has 1 heterocycles. The number of halogens is 4. The molecule has 0 saturated heterocycles. The van der Waals surface area contributed by atoms with Crippen LogP contribution in [-0.4, -0.2) is 44.5 Å². The highest BCUT2D eigenvalue weighted by Crippen LogP contribution is 2.54. The van der Waals surface area contributed by atoms with E-state index < -0.39 is 41.3 Å². The first-order chi connectivity index (χ1) is 16.6. The second-order valence-electron chi connectivity index (χ2n) is 8.48. The Kier molecular flexibility index (Phi) is 6.59. The van der Waals surface area contributed by atoms with Crippen molar-refractivity contribution in [3.8, 4) is 5.75 Å². The molecule has 0 unspecified atom stereocenters. The summed E-state index contributed by atoms with van der Waals surface area (Å²) < 4.78 is 68.4. The summed E-state index contributed by atoms with van der Waals surface area (Å²) in [5, 5.41) is 1.84. The van der Waals surface area contributed by atoms with Crippen LogP contribution in [0.3, 0.4) is 0 Å². The molecule has 3 atom stereocenters. The van der Waals surface area contributed by atoms with Crippen molar-refractivity contribution in [3.05, 3.63) is 65.5 Å². The average Bonchev–Trinajstić information content (AvgIpc) is 3.43. The Morgan fingerprint density at radius 2 is 1.83 bits per heavy atom. The highest BCUT2D eigenvalue weighted by atomic mass is 19.4. The van der Waals surface area contributed by atoms with Crippen LogP contribution in [0, 0.1) is 11.7 Å². The molecule has 0 aromatic heterocycles. The van der Waals surface area contributed by atoms with E-state index in [1.807, 2.05) is 11.4 Å². The first-order valence-corrected chi connectivity index (χ1v) is 10.8. The van der Waals surface area contributed by atoms with Gasteiger partial charge in [0.2, 0.25) is 0 Å². The molecule has 1 N–H and O–H groups in total. The summed E-state index contributed by atoms with van der Waals surface area (Å²) in [6, 6.07) is 9.98. The van der Waals surface area contributed by atoms with Crippen molar-refractivity contribution in [1.29, 1.82) is 0 Å². The summed E-state index contributed by atoms with van der Waals surface area (Å²) in [5.41, 5.74) is 0.808. The van der Waals surface area contributed by atoms with Gasteiger partial charge in [-0.15, -0.1) is 0 Å². The van der Waals surface area contributed by atoms with Gasteiger partial charge in [0.25, 0.3) is 0 Å². The van der Waals surface area contributed by atoms with E-state index in [-0.39, 0.29) is 12.3 Å². The van der Waals surface area contributed by atoms with Gasteiger partial charge in [0.1, 0.15) is 11.6 Å². The fourth-order valence-corrected chi connectivity index (χ4v) is 4.94. The fraction of sp³-hybridized carbons (Fsp3) is 0.360. The minimum Gasteiger partial charge on any atom is -0.496 e. The number of amides is 1. The molecule has 1 aliphatic carbocycles. The molecule has 1 saturated carbocycles. The third kappa shape index (κ3) is 4.75. The number of esters is 1. The van der Waals surface area contributed by atoms with E-state index in [4.69, 9.17) is 14.2 Å². The summed E-state index contributed by atoms with van der Waals surface area (Å²) in [5.74, 6) is -3.53. The van der Waals surface area contributed by atoms with Crippen molar-refractivity contribution in [2.75, 3.05) is 26.1 Å². The molecule has 4 rings (SSSR count). The zero-order chi connectivity index (χ0) is 25.4. The van der Waals surface area contributed by atoms with Crippen LogP contribution in [0.5, 0.6) is 5.75 Å². The Balaban J connectivity index is 1.73. The summed E-state index contributed by atoms with van der Waals surface area (Å²) in [6.45, 7) is 0.0959. The number of methoxy groups -OCH3 is 2. The molecule has 1 fully saturated rings. The third-order valence-electron chi connectivity index (χ3n) is 6.48. The normalized spacial score (nSPS) is 23.8. The van der Waals surface area contributed by atoms with Crippen LogP contribution in [0.2, 0.25) is 0 Å². The number of rotatable bonds is 5. The van der Waals surface area contributed by atoms with Gasteiger partial charge >= 0.3 is 18.1 Å². The van der Waals surface area contributed by atoms with Crippen molar-refractivity contribution in [2.45, 2.75) is 30.5 Å². The van der Waals surface area contributed by atoms with E-state index in [1.54, 1.807) is 12.1 Å². The predicted octanol–water partition coefficient (Wildman–Crippen LogP) is 4.85. The molecule has 35 heavy (non-hydrogen) atoms. The van der Waals surface area contributed by atoms with E-state index >= 15 is 0 Å². The summed E-state index contributed by atoms with van der Waals surface area (Å²) in [7, 11) is 2.72. The highest BCUT2D eigenvalue weighted by molar-refractivity contribution is 5.95. The maximum atomic E-state index is 13.6. The van der Waals surface area contributed by atoms with Gasteiger partial charge in [-0.2, -0.15) is 13.2 Å². The van der Waals surface area contributed by atoms with E-state index in [9.17, 15) is 27.2 Å². The van der Waals surface area contributed by atoms with Gasteiger partial charge in [-0.1, -0.05) is 12.1 Å². The zero-order valence-electron chi connectivity index (χ0n) is 18.9. The Hall–Kier alpha value is -3.40. The molecule has 1 spiro atoms. The SMILES string of the molecule is COC(=O)[C@H]1CC[C@@]2(C=C(c3cc(NC(=O)C(F)(F)F)ccc3OC)CO2)[C@@H]1c1ccc(F)cc1. The van der Waals surface area contributed by atoms with E-state index in [2.05, 4.69) is 0 Å². The number of hydrogen-bond acceptors (Lipinski definition) is 5. The quantitative estimate of drug-likeness (QED) is 0.476. The average molecular weight is 493 g/mol. The van der Waals surface area contributed by atoms with Crippen LogP contribution in [-0.2, 0) is 19.1 Å². The van der Waals surface area contributed by atoms with Crippen molar-refractivity contribution in [3.63, 3.8) is 0 Å². The second-order valence-corrected chi connectivity index (χ2v) is 8.48. The number of carbonyl (C=O) groups is 2. The largest absolute Gasteiger partial charge is 0.496 e. The smallest absolute Gasteiger partial charge is 0.471 e. The maximum Gasteiger partial charge on any atom is 0.471 e. The van der Waals surface area contributed by atoms with Crippen LogP contribution in [0.15, 0.2) is 48.5 Å². The lowest BCUT2D eigenvalue weighted by Gasteiger charge is -2.31. The standard InChI is InChI=1S/C25H23F4NO5/c1-33-20-8-7-17(30-23(32)25(27,28)29)11-19(20)15-12-24(35-13-15)10-9-18(22(31)34-2)21(24)14-3-5-16(26)6-4-14/h3-8,11-12,18,21H,9-10,13H2,1-2H3,(H,30,32)/t18-,21+,24+/m0/s1. The molecule has 0 radical (unpaired) electrons. The van der Waals surface area contributed by atoms with Crippen LogP contribution < -0.4 is 10.1 Å². The zero-order valence-corrected chi connectivity index (χ0v) is 18.9. The lowest BCUT2D eigenvalue weighted by Crippen LogP contribution is -2.34. The van der Waals surface area contributed by atoms with E-state index in [0.717, 1.165) is 0 Å². The van der Waals surface area contributed by atoms with Gasteiger partial charge in [-0.3, -0.25) is 9.59 Å². The van der Waals surface area contributed by atoms with Crippen molar-refractivity contribution >= 4 is 23.1 Å². The minimum atomic E-state index is -5.03. The maximum absolute atomic E-state index is 13.6. The van der Waals surface area contributed by atoms with Crippen molar-refractivity contribution in [1.82, 2.24) is 0 Å². The summed E-state index contributed by atoms with van der Waals surface area (Å²) in [6.07, 6.45) is -2.24. The number of anilines is 1. The first-order valence-electron chi connectivity index (χ1n) is 10.8. The Bertz CT molecular complexity index is 1160. The molecule has 10 heteroatoms. The van der Waals surface area contributed by atoms with Crippen LogP contribution in [0.25, 0.3) is 5.57 Å². The number of benzene rings is 2. The molecule has 2 aromatic rings. The molecule has 2 aromatic carbocycles. The predicted molar refractivity (Wildman–Crippen MR) is 118 cm³/mol. The summed E-state index contributed by atoms with van der Waals surface area (Å²) in [4.78, 5) is 24.0. The summed E-state index contributed by atoms with van der Waals surface area (Å²) >= 11 is 0. The van der Waals surface area contributed by atoms with Gasteiger partial charge in [0, 0.05) is 17.2 Å². The van der Waals surface area contributed by atoms with Crippen molar-refractivity contribution in [2.24, 2.45) is 5.92 Å². The molecule has 2 aliphatic rings. The van der Waals surface area contributed by atoms with E-state index in [0.29, 0.717) is 35.3 Å². The van der Waals surface area contributed by atoms with Gasteiger partial charge in [0.05, 0.1) is 32.3 Å². The fourth-order valence-electron chi connectivity index (χ4n) is 4.94. The molecule has 1 amide bonds. The second kappa shape index (κ2) is 9.33. The molecule has 1 aliphatic heterocycles. The Labute approximate surface area is 198 Å². The molecule has 6 nitrogen and oxygen atoms in total. The number of nitrogens with one attached hydrogen (secondary N) is 1. The topological polar surface area (TPSA) is 73.9 Å². The van der Waals surface area contributed by atoms with Crippen molar-refractivity contribution < 1.29 is 41.4 Å². The van der Waals surface area contributed by atoms with Gasteiger partial charge in [-0.25, -0.2) is 4.39 Å². The molecule has 0 bridgehead atoms. The highest BCUT2D eigenvalue weighted by Gasteiger charge is 2.54. The first kappa shape index (κ1) is 24.7. The van der Waals surface area contributed by atoms with Crippen LogP contribution in [0.4, 0.5) is 23.2 Å².